The molecule has 1 aliphatic rings. The molecule has 1 heterocycles. The summed E-state index contributed by atoms with van der Waals surface area (Å²) in [5.74, 6) is -0.120. The standard InChI is InChI=1S/C19H23FN2/c1-15-7-8-16(2)17(13-15)14-21-9-11-22(12-10-21)19-6-4-3-5-18(19)20/h3-8,13H,9-12,14H2,1-2H3. The van der Waals surface area contributed by atoms with E-state index >= 15 is 0 Å². The van der Waals surface area contributed by atoms with E-state index in [0.717, 1.165) is 38.4 Å². The minimum atomic E-state index is -0.120. The van der Waals surface area contributed by atoms with Crippen LogP contribution in [0.3, 0.4) is 0 Å². The molecule has 0 N–H and O–H groups in total. The molecule has 116 valence electrons. The second-order valence-corrected chi connectivity index (χ2v) is 6.14. The highest BCUT2D eigenvalue weighted by Gasteiger charge is 2.19. The van der Waals surface area contributed by atoms with Gasteiger partial charge in [0, 0.05) is 32.7 Å². The zero-order valence-corrected chi connectivity index (χ0v) is 13.3. The molecule has 3 heteroatoms. The number of benzene rings is 2. The first-order chi connectivity index (χ1) is 10.6. The minimum absolute atomic E-state index is 0.120. The molecule has 1 aliphatic heterocycles. The third-order valence-corrected chi connectivity index (χ3v) is 4.46. The van der Waals surface area contributed by atoms with Crippen molar-refractivity contribution in [2.75, 3.05) is 31.1 Å². The van der Waals surface area contributed by atoms with Gasteiger partial charge >= 0.3 is 0 Å². The Hall–Kier alpha value is -1.87. The van der Waals surface area contributed by atoms with Crippen molar-refractivity contribution in [2.24, 2.45) is 0 Å². The van der Waals surface area contributed by atoms with Gasteiger partial charge in [-0.15, -0.1) is 0 Å². The summed E-state index contributed by atoms with van der Waals surface area (Å²) in [5, 5.41) is 0. The molecule has 22 heavy (non-hydrogen) atoms. The lowest BCUT2D eigenvalue weighted by molar-refractivity contribution is 0.249. The predicted octanol–water partition coefficient (Wildman–Crippen LogP) is 3.76. The summed E-state index contributed by atoms with van der Waals surface area (Å²) in [7, 11) is 0. The maximum absolute atomic E-state index is 13.9. The van der Waals surface area contributed by atoms with Crippen LogP contribution in [-0.4, -0.2) is 31.1 Å². The van der Waals surface area contributed by atoms with Gasteiger partial charge in [0.1, 0.15) is 5.82 Å². The van der Waals surface area contributed by atoms with Gasteiger partial charge in [-0.2, -0.15) is 0 Å². The Bertz CT molecular complexity index is 646. The molecule has 0 bridgehead atoms. The van der Waals surface area contributed by atoms with E-state index < -0.39 is 0 Å². The highest BCUT2D eigenvalue weighted by molar-refractivity contribution is 5.48. The van der Waals surface area contributed by atoms with Crippen molar-refractivity contribution in [3.05, 3.63) is 65.0 Å². The zero-order valence-electron chi connectivity index (χ0n) is 13.3. The second-order valence-electron chi connectivity index (χ2n) is 6.14. The molecule has 0 aromatic heterocycles. The smallest absolute Gasteiger partial charge is 0.146 e. The molecule has 0 radical (unpaired) electrons. The van der Waals surface area contributed by atoms with Gasteiger partial charge in [0.15, 0.2) is 0 Å². The fraction of sp³-hybridized carbons (Fsp3) is 0.368. The summed E-state index contributed by atoms with van der Waals surface area (Å²) in [6.07, 6.45) is 0. The molecule has 0 aliphatic carbocycles. The number of piperazine rings is 1. The molecule has 0 spiro atoms. The quantitative estimate of drug-likeness (QED) is 0.851. The fourth-order valence-electron chi connectivity index (χ4n) is 3.07. The van der Waals surface area contributed by atoms with E-state index in [1.54, 1.807) is 6.07 Å². The SMILES string of the molecule is Cc1ccc(C)c(CN2CCN(c3ccccc3F)CC2)c1. The lowest BCUT2D eigenvalue weighted by atomic mass is 10.0. The van der Waals surface area contributed by atoms with E-state index in [-0.39, 0.29) is 5.82 Å². The third-order valence-electron chi connectivity index (χ3n) is 4.46. The molecular formula is C19H23FN2. The third kappa shape index (κ3) is 3.30. The van der Waals surface area contributed by atoms with E-state index in [1.165, 1.54) is 22.8 Å². The van der Waals surface area contributed by atoms with Gasteiger partial charge in [0.2, 0.25) is 0 Å². The Morgan fingerprint density at radius 1 is 0.955 bits per heavy atom. The number of hydrogen-bond donors (Lipinski definition) is 0. The molecule has 3 rings (SSSR count). The van der Waals surface area contributed by atoms with Crippen LogP contribution in [-0.2, 0) is 6.54 Å². The number of rotatable bonds is 3. The Labute approximate surface area is 132 Å². The molecule has 0 saturated carbocycles. The highest BCUT2D eigenvalue weighted by Crippen LogP contribution is 2.21. The molecular weight excluding hydrogens is 275 g/mol. The van der Waals surface area contributed by atoms with Gasteiger partial charge in [0.25, 0.3) is 0 Å². The largest absolute Gasteiger partial charge is 0.367 e. The summed E-state index contributed by atoms with van der Waals surface area (Å²) >= 11 is 0. The normalized spacial score (nSPS) is 16.0. The Balaban J connectivity index is 1.62. The summed E-state index contributed by atoms with van der Waals surface area (Å²) in [5.41, 5.74) is 4.79. The van der Waals surface area contributed by atoms with Crippen molar-refractivity contribution >= 4 is 5.69 Å². The second kappa shape index (κ2) is 6.49. The van der Waals surface area contributed by atoms with Crippen molar-refractivity contribution in [3.63, 3.8) is 0 Å². The molecule has 0 atom stereocenters. The lowest BCUT2D eigenvalue weighted by Gasteiger charge is -2.36. The maximum atomic E-state index is 13.9. The monoisotopic (exact) mass is 298 g/mol. The Morgan fingerprint density at radius 3 is 2.41 bits per heavy atom. The fourth-order valence-corrected chi connectivity index (χ4v) is 3.07. The van der Waals surface area contributed by atoms with E-state index in [0.29, 0.717) is 0 Å². The number of anilines is 1. The maximum Gasteiger partial charge on any atom is 0.146 e. The topological polar surface area (TPSA) is 6.48 Å². The first kappa shape index (κ1) is 15.0. The van der Waals surface area contributed by atoms with Crippen LogP contribution in [0.5, 0.6) is 0 Å². The van der Waals surface area contributed by atoms with Crippen LogP contribution in [0.2, 0.25) is 0 Å². The summed E-state index contributed by atoms with van der Waals surface area (Å²) in [4.78, 5) is 4.61. The van der Waals surface area contributed by atoms with Crippen LogP contribution < -0.4 is 4.90 Å². The average Bonchev–Trinajstić information content (AvgIpc) is 2.52. The number of aryl methyl sites for hydroxylation is 2. The van der Waals surface area contributed by atoms with Crippen molar-refractivity contribution in [3.8, 4) is 0 Å². The van der Waals surface area contributed by atoms with E-state index in [2.05, 4.69) is 41.8 Å². The first-order valence-electron chi connectivity index (χ1n) is 7.91. The summed E-state index contributed by atoms with van der Waals surface area (Å²) < 4.78 is 13.9. The predicted molar refractivity (Wildman–Crippen MR) is 89.8 cm³/mol. The zero-order chi connectivity index (χ0) is 15.5. The molecule has 0 unspecified atom stereocenters. The average molecular weight is 298 g/mol. The van der Waals surface area contributed by atoms with E-state index in [1.807, 2.05) is 12.1 Å². The van der Waals surface area contributed by atoms with Crippen molar-refractivity contribution < 1.29 is 4.39 Å². The van der Waals surface area contributed by atoms with Crippen LogP contribution in [0.4, 0.5) is 10.1 Å². The van der Waals surface area contributed by atoms with E-state index in [4.69, 9.17) is 0 Å². The van der Waals surface area contributed by atoms with Crippen molar-refractivity contribution in [1.82, 2.24) is 4.90 Å². The number of para-hydroxylation sites is 1. The van der Waals surface area contributed by atoms with Crippen molar-refractivity contribution in [2.45, 2.75) is 20.4 Å². The molecule has 1 saturated heterocycles. The van der Waals surface area contributed by atoms with Crippen LogP contribution in [0.1, 0.15) is 16.7 Å². The van der Waals surface area contributed by atoms with Gasteiger partial charge in [-0.1, -0.05) is 35.9 Å². The Morgan fingerprint density at radius 2 is 1.68 bits per heavy atom. The van der Waals surface area contributed by atoms with Crippen LogP contribution in [0.25, 0.3) is 0 Å². The summed E-state index contributed by atoms with van der Waals surface area (Å²) in [6, 6.07) is 13.7. The van der Waals surface area contributed by atoms with Gasteiger partial charge < -0.3 is 4.90 Å². The van der Waals surface area contributed by atoms with E-state index in [9.17, 15) is 4.39 Å². The van der Waals surface area contributed by atoms with Crippen LogP contribution >= 0.6 is 0 Å². The highest BCUT2D eigenvalue weighted by atomic mass is 19.1. The number of nitrogens with zero attached hydrogens (tertiary/aromatic N) is 2. The van der Waals surface area contributed by atoms with Crippen molar-refractivity contribution in [1.29, 1.82) is 0 Å². The lowest BCUT2D eigenvalue weighted by Crippen LogP contribution is -2.46. The number of halogens is 1. The van der Waals surface area contributed by atoms with Crippen LogP contribution in [0, 0.1) is 19.7 Å². The van der Waals surface area contributed by atoms with Gasteiger partial charge in [0.05, 0.1) is 5.69 Å². The molecule has 0 amide bonds. The van der Waals surface area contributed by atoms with Gasteiger partial charge in [-0.25, -0.2) is 4.39 Å². The van der Waals surface area contributed by atoms with Gasteiger partial charge in [-0.05, 0) is 37.1 Å². The molecule has 2 nitrogen and oxygen atoms in total. The van der Waals surface area contributed by atoms with Gasteiger partial charge in [-0.3, -0.25) is 4.90 Å². The Kier molecular flexibility index (Phi) is 4.44. The summed E-state index contributed by atoms with van der Waals surface area (Å²) in [6.45, 7) is 9.00. The van der Waals surface area contributed by atoms with Crippen LogP contribution in [0.15, 0.2) is 42.5 Å². The number of hydrogen-bond acceptors (Lipinski definition) is 2. The minimum Gasteiger partial charge on any atom is -0.367 e. The molecule has 2 aromatic carbocycles. The molecule has 1 fully saturated rings. The molecule has 2 aromatic rings. The first-order valence-corrected chi connectivity index (χ1v) is 7.91.